The van der Waals surface area contributed by atoms with Crippen molar-refractivity contribution in [2.75, 3.05) is 32.7 Å². The fraction of sp³-hybridized carbons (Fsp3) is 0.938. The van der Waals surface area contributed by atoms with Gasteiger partial charge < -0.3 is 10.2 Å². The van der Waals surface area contributed by atoms with E-state index in [4.69, 9.17) is 0 Å². The molecule has 2 aliphatic heterocycles. The monoisotopic (exact) mass is 279 g/mol. The lowest BCUT2D eigenvalue weighted by atomic mass is 10.0. The molecule has 1 aliphatic carbocycles. The predicted octanol–water partition coefficient (Wildman–Crippen LogP) is 1.61. The zero-order chi connectivity index (χ0) is 13.8. The minimum Gasteiger partial charge on any atom is -0.340 e. The van der Waals surface area contributed by atoms with Gasteiger partial charge in [0.1, 0.15) is 0 Å². The summed E-state index contributed by atoms with van der Waals surface area (Å²) in [7, 11) is 0. The van der Waals surface area contributed by atoms with Crippen LogP contribution in [0, 0.1) is 0 Å². The molecule has 4 heteroatoms. The first-order chi connectivity index (χ1) is 9.84. The van der Waals surface area contributed by atoms with Crippen LogP contribution in [0.5, 0.6) is 0 Å². The molecule has 3 aliphatic rings. The van der Waals surface area contributed by atoms with Crippen LogP contribution in [0.2, 0.25) is 0 Å². The molecule has 1 atom stereocenters. The maximum absolute atomic E-state index is 12.6. The lowest BCUT2D eigenvalue weighted by Crippen LogP contribution is -2.49. The zero-order valence-corrected chi connectivity index (χ0v) is 12.6. The van der Waals surface area contributed by atoms with Gasteiger partial charge in [0, 0.05) is 32.2 Å². The quantitative estimate of drug-likeness (QED) is 0.834. The molecule has 0 bridgehead atoms. The Bertz CT molecular complexity index is 322. The minimum absolute atomic E-state index is 0.0989. The van der Waals surface area contributed by atoms with Crippen LogP contribution in [-0.4, -0.2) is 60.5 Å². The van der Waals surface area contributed by atoms with Crippen molar-refractivity contribution in [3.8, 4) is 0 Å². The van der Waals surface area contributed by atoms with E-state index in [1.807, 2.05) is 0 Å². The van der Waals surface area contributed by atoms with Crippen molar-refractivity contribution in [3.05, 3.63) is 0 Å². The van der Waals surface area contributed by atoms with Gasteiger partial charge >= 0.3 is 0 Å². The van der Waals surface area contributed by atoms with Crippen molar-refractivity contribution >= 4 is 5.91 Å². The molecule has 3 fully saturated rings. The Morgan fingerprint density at radius 1 is 0.850 bits per heavy atom. The van der Waals surface area contributed by atoms with Crippen LogP contribution in [-0.2, 0) is 4.79 Å². The van der Waals surface area contributed by atoms with Gasteiger partial charge in [-0.05, 0) is 38.6 Å². The Morgan fingerprint density at radius 3 is 2.40 bits per heavy atom. The highest BCUT2D eigenvalue weighted by Gasteiger charge is 2.29. The van der Waals surface area contributed by atoms with E-state index >= 15 is 0 Å². The van der Waals surface area contributed by atoms with Crippen molar-refractivity contribution in [2.45, 2.75) is 63.5 Å². The molecule has 0 aromatic heterocycles. The van der Waals surface area contributed by atoms with Crippen molar-refractivity contribution < 1.29 is 4.79 Å². The summed E-state index contributed by atoms with van der Waals surface area (Å²) in [4.78, 5) is 17.3. The summed E-state index contributed by atoms with van der Waals surface area (Å²) in [6.45, 7) is 5.18. The van der Waals surface area contributed by atoms with E-state index < -0.39 is 0 Å². The van der Waals surface area contributed by atoms with Crippen LogP contribution in [0.4, 0.5) is 0 Å². The standard InChI is InChI=1S/C16H29N3O/c20-16(15-8-3-4-9-17-15)19-11-5-10-18(12-13-19)14-6-1-2-7-14/h14-15,17H,1-13H2/t15-/m1/s1. The second kappa shape index (κ2) is 6.90. The van der Waals surface area contributed by atoms with Crippen molar-refractivity contribution in [1.82, 2.24) is 15.1 Å². The highest BCUT2D eigenvalue weighted by atomic mass is 16.2. The van der Waals surface area contributed by atoms with Crippen LogP contribution in [0.3, 0.4) is 0 Å². The van der Waals surface area contributed by atoms with E-state index in [1.54, 1.807) is 0 Å². The highest BCUT2D eigenvalue weighted by Crippen LogP contribution is 2.24. The largest absolute Gasteiger partial charge is 0.340 e. The third-order valence-corrected chi connectivity index (χ3v) is 5.29. The van der Waals surface area contributed by atoms with E-state index in [0.29, 0.717) is 5.91 Å². The molecule has 0 unspecified atom stereocenters. The number of amides is 1. The number of hydrogen-bond donors (Lipinski definition) is 1. The van der Waals surface area contributed by atoms with E-state index in [0.717, 1.165) is 45.1 Å². The van der Waals surface area contributed by atoms with Gasteiger partial charge in [0.15, 0.2) is 0 Å². The predicted molar refractivity (Wildman–Crippen MR) is 80.7 cm³/mol. The van der Waals surface area contributed by atoms with E-state index in [9.17, 15) is 4.79 Å². The van der Waals surface area contributed by atoms with E-state index in [2.05, 4.69) is 15.1 Å². The minimum atomic E-state index is 0.0989. The summed E-state index contributed by atoms with van der Waals surface area (Å²) in [5.41, 5.74) is 0. The van der Waals surface area contributed by atoms with Crippen LogP contribution in [0.1, 0.15) is 51.4 Å². The van der Waals surface area contributed by atoms with Crippen molar-refractivity contribution in [1.29, 1.82) is 0 Å². The fourth-order valence-electron chi connectivity index (χ4n) is 4.08. The van der Waals surface area contributed by atoms with Gasteiger partial charge in [0.25, 0.3) is 0 Å². The topological polar surface area (TPSA) is 35.6 Å². The number of carbonyl (C=O) groups is 1. The van der Waals surface area contributed by atoms with Gasteiger partial charge in [-0.25, -0.2) is 0 Å². The third kappa shape index (κ3) is 3.34. The lowest BCUT2D eigenvalue weighted by Gasteiger charge is -2.30. The Hall–Kier alpha value is -0.610. The average molecular weight is 279 g/mol. The molecule has 114 valence electrons. The van der Waals surface area contributed by atoms with Crippen LogP contribution < -0.4 is 5.32 Å². The summed E-state index contributed by atoms with van der Waals surface area (Å²) < 4.78 is 0. The Morgan fingerprint density at radius 2 is 1.65 bits per heavy atom. The molecule has 4 nitrogen and oxygen atoms in total. The number of carbonyl (C=O) groups excluding carboxylic acids is 1. The zero-order valence-electron chi connectivity index (χ0n) is 12.6. The highest BCUT2D eigenvalue weighted by molar-refractivity contribution is 5.82. The maximum Gasteiger partial charge on any atom is 0.239 e. The first-order valence-corrected chi connectivity index (χ1v) is 8.61. The molecule has 0 aromatic rings. The summed E-state index contributed by atoms with van der Waals surface area (Å²) in [5.74, 6) is 0.359. The van der Waals surface area contributed by atoms with Crippen LogP contribution in [0.15, 0.2) is 0 Å². The molecule has 0 aromatic carbocycles. The van der Waals surface area contributed by atoms with Crippen molar-refractivity contribution in [3.63, 3.8) is 0 Å². The molecular weight excluding hydrogens is 250 g/mol. The van der Waals surface area contributed by atoms with Gasteiger partial charge in [-0.2, -0.15) is 0 Å². The van der Waals surface area contributed by atoms with E-state index in [-0.39, 0.29) is 6.04 Å². The van der Waals surface area contributed by atoms with Crippen LogP contribution >= 0.6 is 0 Å². The summed E-state index contributed by atoms with van der Waals surface area (Å²) in [6.07, 6.45) is 10.1. The van der Waals surface area contributed by atoms with Gasteiger partial charge in [-0.1, -0.05) is 19.3 Å². The molecule has 1 amide bonds. The Balaban J connectivity index is 1.52. The van der Waals surface area contributed by atoms with Gasteiger partial charge in [0.05, 0.1) is 6.04 Å². The van der Waals surface area contributed by atoms with Crippen LogP contribution in [0.25, 0.3) is 0 Å². The summed E-state index contributed by atoms with van der Waals surface area (Å²) in [5, 5.41) is 3.40. The second-order valence-electron chi connectivity index (χ2n) is 6.66. The molecule has 1 saturated carbocycles. The lowest BCUT2D eigenvalue weighted by molar-refractivity contribution is -0.133. The SMILES string of the molecule is O=C([C@H]1CCCCN1)N1CCCN(C2CCCC2)CC1. The fourth-order valence-corrected chi connectivity index (χ4v) is 4.08. The third-order valence-electron chi connectivity index (χ3n) is 5.29. The maximum atomic E-state index is 12.6. The van der Waals surface area contributed by atoms with Crippen molar-refractivity contribution in [2.24, 2.45) is 0 Å². The van der Waals surface area contributed by atoms with E-state index in [1.165, 1.54) is 45.1 Å². The number of rotatable bonds is 2. The first kappa shape index (κ1) is 14.3. The summed E-state index contributed by atoms with van der Waals surface area (Å²) in [6, 6.07) is 0.902. The summed E-state index contributed by atoms with van der Waals surface area (Å²) >= 11 is 0. The Kier molecular flexibility index (Phi) is 4.94. The number of nitrogens with zero attached hydrogens (tertiary/aromatic N) is 2. The molecule has 2 heterocycles. The van der Waals surface area contributed by atoms with Gasteiger partial charge in [-0.15, -0.1) is 0 Å². The molecule has 0 spiro atoms. The number of hydrogen-bond acceptors (Lipinski definition) is 3. The normalized spacial score (nSPS) is 30.4. The Labute approximate surface area is 122 Å². The molecule has 20 heavy (non-hydrogen) atoms. The molecular formula is C16H29N3O. The van der Waals surface area contributed by atoms with Gasteiger partial charge in [0.2, 0.25) is 5.91 Å². The average Bonchev–Trinajstić information content (AvgIpc) is 2.92. The molecule has 3 rings (SSSR count). The second-order valence-corrected chi connectivity index (χ2v) is 6.66. The smallest absolute Gasteiger partial charge is 0.239 e. The first-order valence-electron chi connectivity index (χ1n) is 8.61. The molecule has 2 saturated heterocycles. The number of piperidine rings is 1. The van der Waals surface area contributed by atoms with Gasteiger partial charge in [-0.3, -0.25) is 9.69 Å². The molecule has 0 radical (unpaired) electrons. The number of nitrogens with one attached hydrogen (secondary N) is 1. The molecule has 1 N–H and O–H groups in total.